The van der Waals surface area contributed by atoms with Crippen molar-refractivity contribution in [3.8, 4) is 0 Å². The smallest absolute Gasteiger partial charge is 0.240 e. The van der Waals surface area contributed by atoms with E-state index in [2.05, 4.69) is 35.3 Å². The molecule has 0 aromatic heterocycles. The third-order valence-corrected chi connectivity index (χ3v) is 4.32. The standard InChI is InChI=1S/C21H26N4O2S/c1-14(2)16-9-11-18(12-10-16)23-21(28)25-24-20(27)13-19(22-15(3)26)17-7-5-4-6-8-17/h4-12,14,19H,13H2,1-3H3,(H,22,26)(H,24,27)(H2,23,25,28)/t19-/m1/s1. The zero-order valence-corrected chi connectivity index (χ0v) is 17.1. The number of hydrogen-bond acceptors (Lipinski definition) is 3. The average molecular weight is 399 g/mol. The molecule has 0 fully saturated rings. The number of carbonyl (C=O) groups is 2. The first kappa shape index (κ1) is 21.4. The Bertz CT molecular complexity index is 807. The Morgan fingerprint density at radius 3 is 2.14 bits per heavy atom. The molecule has 2 aromatic carbocycles. The van der Waals surface area contributed by atoms with E-state index in [0.717, 1.165) is 11.3 Å². The fourth-order valence-electron chi connectivity index (χ4n) is 2.66. The zero-order valence-electron chi connectivity index (χ0n) is 16.3. The zero-order chi connectivity index (χ0) is 20.5. The van der Waals surface area contributed by atoms with E-state index in [4.69, 9.17) is 12.2 Å². The maximum atomic E-state index is 12.3. The highest BCUT2D eigenvalue weighted by Gasteiger charge is 2.17. The summed E-state index contributed by atoms with van der Waals surface area (Å²) in [6.45, 7) is 5.69. The molecule has 0 aliphatic rings. The number of nitrogens with one attached hydrogen (secondary N) is 4. The maximum Gasteiger partial charge on any atom is 0.240 e. The molecule has 4 N–H and O–H groups in total. The lowest BCUT2D eigenvalue weighted by Crippen LogP contribution is -2.45. The Kier molecular flexibility index (Phi) is 7.95. The van der Waals surface area contributed by atoms with Gasteiger partial charge in [0.15, 0.2) is 5.11 Å². The third-order valence-electron chi connectivity index (χ3n) is 4.12. The third kappa shape index (κ3) is 7.00. The lowest BCUT2D eigenvalue weighted by atomic mass is 10.0. The molecule has 0 spiro atoms. The van der Waals surface area contributed by atoms with E-state index in [-0.39, 0.29) is 23.3 Å². The van der Waals surface area contributed by atoms with Crippen molar-refractivity contribution in [2.75, 3.05) is 5.32 Å². The molecule has 0 bridgehead atoms. The van der Waals surface area contributed by atoms with Gasteiger partial charge in [-0.2, -0.15) is 0 Å². The van der Waals surface area contributed by atoms with Gasteiger partial charge in [0.05, 0.1) is 12.5 Å². The van der Waals surface area contributed by atoms with Crippen LogP contribution in [0.1, 0.15) is 50.3 Å². The second-order valence-corrected chi connectivity index (χ2v) is 7.18. The largest absolute Gasteiger partial charge is 0.349 e. The van der Waals surface area contributed by atoms with Crippen LogP contribution in [-0.4, -0.2) is 16.9 Å². The Hall–Kier alpha value is -2.93. The number of amides is 2. The van der Waals surface area contributed by atoms with Crippen LogP contribution in [0.25, 0.3) is 0 Å². The van der Waals surface area contributed by atoms with Gasteiger partial charge in [-0.1, -0.05) is 56.3 Å². The predicted molar refractivity (Wildman–Crippen MR) is 116 cm³/mol. The highest BCUT2D eigenvalue weighted by atomic mass is 32.1. The van der Waals surface area contributed by atoms with Gasteiger partial charge in [-0.05, 0) is 41.4 Å². The number of carbonyl (C=O) groups excluding carboxylic acids is 2. The molecule has 2 rings (SSSR count). The molecule has 7 heteroatoms. The fourth-order valence-corrected chi connectivity index (χ4v) is 2.83. The highest BCUT2D eigenvalue weighted by molar-refractivity contribution is 7.80. The molecule has 0 radical (unpaired) electrons. The van der Waals surface area contributed by atoms with Gasteiger partial charge < -0.3 is 10.6 Å². The van der Waals surface area contributed by atoms with E-state index in [1.807, 2.05) is 54.6 Å². The van der Waals surface area contributed by atoms with Gasteiger partial charge in [-0.3, -0.25) is 20.4 Å². The summed E-state index contributed by atoms with van der Waals surface area (Å²) in [5, 5.41) is 6.09. The molecule has 0 saturated heterocycles. The topological polar surface area (TPSA) is 82.3 Å². The summed E-state index contributed by atoms with van der Waals surface area (Å²) in [6, 6.07) is 16.9. The van der Waals surface area contributed by atoms with Crippen molar-refractivity contribution >= 4 is 34.8 Å². The molecule has 2 amide bonds. The average Bonchev–Trinajstić information content (AvgIpc) is 2.66. The summed E-state index contributed by atoms with van der Waals surface area (Å²) in [7, 11) is 0. The van der Waals surface area contributed by atoms with Crippen molar-refractivity contribution in [1.82, 2.24) is 16.2 Å². The number of hydrazine groups is 1. The number of anilines is 1. The van der Waals surface area contributed by atoms with E-state index in [1.54, 1.807) is 0 Å². The number of benzene rings is 2. The highest BCUT2D eigenvalue weighted by Crippen LogP contribution is 2.17. The normalized spacial score (nSPS) is 11.4. The number of hydrogen-bond donors (Lipinski definition) is 4. The molecule has 2 aromatic rings. The lowest BCUT2D eigenvalue weighted by molar-refractivity contribution is -0.123. The Morgan fingerprint density at radius 1 is 0.929 bits per heavy atom. The van der Waals surface area contributed by atoms with E-state index in [1.165, 1.54) is 12.5 Å². The summed E-state index contributed by atoms with van der Waals surface area (Å²) in [4.78, 5) is 23.7. The van der Waals surface area contributed by atoms with Crippen LogP contribution in [-0.2, 0) is 9.59 Å². The minimum Gasteiger partial charge on any atom is -0.349 e. The summed E-state index contributed by atoms with van der Waals surface area (Å²) in [6.07, 6.45) is 0.0856. The quantitative estimate of drug-likeness (QED) is 0.443. The van der Waals surface area contributed by atoms with Crippen LogP contribution in [0.2, 0.25) is 0 Å². The second kappa shape index (κ2) is 10.4. The molecule has 0 heterocycles. The Morgan fingerprint density at radius 2 is 1.57 bits per heavy atom. The molecule has 148 valence electrons. The molecule has 0 aliphatic heterocycles. The van der Waals surface area contributed by atoms with E-state index in [0.29, 0.717) is 5.92 Å². The van der Waals surface area contributed by atoms with Crippen LogP contribution in [0.4, 0.5) is 5.69 Å². The first-order valence-corrected chi connectivity index (χ1v) is 9.54. The summed E-state index contributed by atoms with van der Waals surface area (Å²) in [5.74, 6) is -0.0295. The van der Waals surface area contributed by atoms with Crippen molar-refractivity contribution < 1.29 is 9.59 Å². The number of rotatable bonds is 6. The van der Waals surface area contributed by atoms with Crippen molar-refractivity contribution in [2.24, 2.45) is 0 Å². The maximum absolute atomic E-state index is 12.3. The van der Waals surface area contributed by atoms with Crippen molar-refractivity contribution in [2.45, 2.75) is 39.2 Å². The van der Waals surface area contributed by atoms with Gasteiger partial charge >= 0.3 is 0 Å². The van der Waals surface area contributed by atoms with Crippen LogP contribution in [0.3, 0.4) is 0 Å². The molecule has 0 aliphatic carbocycles. The second-order valence-electron chi connectivity index (χ2n) is 6.77. The summed E-state index contributed by atoms with van der Waals surface area (Å²) >= 11 is 5.21. The van der Waals surface area contributed by atoms with E-state index in [9.17, 15) is 9.59 Å². The number of thiocarbonyl (C=S) groups is 1. The van der Waals surface area contributed by atoms with Crippen molar-refractivity contribution in [1.29, 1.82) is 0 Å². The summed E-state index contributed by atoms with van der Waals surface area (Å²) < 4.78 is 0. The molecular weight excluding hydrogens is 372 g/mol. The Balaban J connectivity index is 1.85. The van der Waals surface area contributed by atoms with Crippen LogP contribution in [0, 0.1) is 0 Å². The van der Waals surface area contributed by atoms with Crippen molar-refractivity contribution in [3.05, 3.63) is 65.7 Å². The molecule has 28 heavy (non-hydrogen) atoms. The molecule has 6 nitrogen and oxygen atoms in total. The van der Waals surface area contributed by atoms with Crippen molar-refractivity contribution in [3.63, 3.8) is 0 Å². The minimum atomic E-state index is -0.411. The fraction of sp³-hybridized carbons (Fsp3) is 0.286. The lowest BCUT2D eigenvalue weighted by Gasteiger charge is -2.19. The van der Waals surface area contributed by atoms with Crippen LogP contribution in [0.15, 0.2) is 54.6 Å². The van der Waals surface area contributed by atoms with Gasteiger partial charge in [-0.25, -0.2) is 0 Å². The molecular formula is C21H26N4O2S. The first-order valence-electron chi connectivity index (χ1n) is 9.13. The van der Waals surface area contributed by atoms with Crippen LogP contribution in [0.5, 0.6) is 0 Å². The SMILES string of the molecule is CC(=O)N[C@H](CC(=O)NNC(=S)Nc1ccc(C(C)C)cc1)c1ccccc1. The van der Waals surface area contributed by atoms with Crippen LogP contribution < -0.4 is 21.5 Å². The first-order chi connectivity index (χ1) is 13.3. The van der Waals surface area contributed by atoms with Gasteiger partial charge in [-0.15, -0.1) is 0 Å². The monoisotopic (exact) mass is 398 g/mol. The minimum absolute atomic E-state index is 0.0856. The van der Waals surface area contributed by atoms with Gasteiger partial charge in [0.2, 0.25) is 11.8 Å². The van der Waals surface area contributed by atoms with E-state index >= 15 is 0 Å². The summed E-state index contributed by atoms with van der Waals surface area (Å²) in [5.41, 5.74) is 8.18. The molecule has 0 saturated carbocycles. The van der Waals surface area contributed by atoms with Gasteiger partial charge in [0.25, 0.3) is 0 Å². The molecule has 0 unspecified atom stereocenters. The predicted octanol–water partition coefficient (Wildman–Crippen LogP) is 3.40. The molecule has 1 atom stereocenters. The van der Waals surface area contributed by atoms with E-state index < -0.39 is 6.04 Å². The van der Waals surface area contributed by atoms with Crippen LogP contribution >= 0.6 is 12.2 Å². The van der Waals surface area contributed by atoms with Gasteiger partial charge in [0.1, 0.15) is 0 Å². The van der Waals surface area contributed by atoms with Gasteiger partial charge in [0, 0.05) is 12.6 Å². The Labute approximate surface area is 171 Å².